The molecule has 0 saturated carbocycles. The molecule has 0 saturated heterocycles. The Kier molecular flexibility index (Phi) is 5.06. The zero-order valence-electron chi connectivity index (χ0n) is 10.8. The predicted molar refractivity (Wildman–Crippen MR) is 70.3 cm³/mol. The largest absolute Gasteiger partial charge is 0.466 e. The van der Waals surface area contributed by atoms with Gasteiger partial charge in [-0.3, -0.25) is 4.79 Å². The summed E-state index contributed by atoms with van der Waals surface area (Å²) < 4.78 is 4.53. The van der Waals surface area contributed by atoms with E-state index in [0.717, 1.165) is 5.57 Å². The van der Waals surface area contributed by atoms with Gasteiger partial charge in [-0.2, -0.15) is 0 Å². The molecule has 94 valence electrons. The minimum atomic E-state index is -0.424. The average Bonchev–Trinajstić information content (AvgIpc) is 2.39. The molecule has 0 fully saturated rings. The summed E-state index contributed by atoms with van der Waals surface area (Å²) in [5.74, 6) is -0.502. The van der Waals surface area contributed by atoms with E-state index in [9.17, 15) is 9.59 Å². The van der Waals surface area contributed by atoms with E-state index in [1.54, 1.807) is 26.0 Å². The SMILES string of the molecule is COC(=O)/C=C(C)/C(C)=C\C(=O)c1ccccc1. The van der Waals surface area contributed by atoms with Gasteiger partial charge in [0.25, 0.3) is 0 Å². The summed E-state index contributed by atoms with van der Waals surface area (Å²) in [5.41, 5.74) is 2.09. The van der Waals surface area contributed by atoms with Crippen molar-refractivity contribution in [2.75, 3.05) is 7.11 Å². The molecule has 0 amide bonds. The summed E-state index contributed by atoms with van der Waals surface area (Å²) in [4.78, 5) is 23.0. The maximum Gasteiger partial charge on any atom is 0.330 e. The standard InChI is InChI=1S/C15H16O3/c1-11(12(2)10-15(17)18-3)9-14(16)13-7-5-4-6-8-13/h4-10H,1-3H3/b11-9-,12-10+. The van der Waals surface area contributed by atoms with Gasteiger partial charge in [-0.25, -0.2) is 4.79 Å². The molecule has 3 heteroatoms. The van der Waals surface area contributed by atoms with Crippen LogP contribution in [0.15, 0.2) is 53.6 Å². The van der Waals surface area contributed by atoms with Crippen LogP contribution in [0.3, 0.4) is 0 Å². The van der Waals surface area contributed by atoms with Crippen LogP contribution in [-0.2, 0) is 9.53 Å². The highest BCUT2D eigenvalue weighted by Gasteiger charge is 2.04. The summed E-state index contributed by atoms with van der Waals surface area (Å²) in [7, 11) is 1.32. The molecule has 1 aromatic rings. The number of ether oxygens (including phenoxy) is 1. The highest BCUT2D eigenvalue weighted by atomic mass is 16.5. The van der Waals surface area contributed by atoms with Crippen LogP contribution in [0, 0.1) is 0 Å². The molecule has 1 rings (SSSR count). The highest BCUT2D eigenvalue weighted by Crippen LogP contribution is 2.11. The Balaban J connectivity index is 2.87. The van der Waals surface area contributed by atoms with Gasteiger partial charge in [0, 0.05) is 11.6 Å². The maximum atomic E-state index is 11.9. The molecule has 18 heavy (non-hydrogen) atoms. The first-order chi connectivity index (χ1) is 8.54. The minimum Gasteiger partial charge on any atom is -0.466 e. The molecule has 0 aliphatic heterocycles. The van der Waals surface area contributed by atoms with E-state index in [1.165, 1.54) is 19.3 Å². The van der Waals surface area contributed by atoms with Gasteiger partial charge in [0.05, 0.1) is 7.11 Å². The number of ketones is 1. The summed E-state index contributed by atoms with van der Waals surface area (Å²) in [5, 5.41) is 0. The van der Waals surface area contributed by atoms with Crippen molar-refractivity contribution in [1.82, 2.24) is 0 Å². The molecular formula is C15H16O3. The highest BCUT2D eigenvalue weighted by molar-refractivity contribution is 6.05. The summed E-state index contributed by atoms with van der Waals surface area (Å²) in [6, 6.07) is 8.99. The summed E-state index contributed by atoms with van der Waals surface area (Å²) in [6.07, 6.45) is 2.88. The Morgan fingerprint density at radius 1 is 1.00 bits per heavy atom. The van der Waals surface area contributed by atoms with Gasteiger partial charge < -0.3 is 4.74 Å². The molecule has 0 aromatic heterocycles. The molecule has 0 spiro atoms. The molecule has 0 bridgehead atoms. The van der Waals surface area contributed by atoms with Crippen molar-refractivity contribution in [3.63, 3.8) is 0 Å². The van der Waals surface area contributed by atoms with Crippen LogP contribution in [0.25, 0.3) is 0 Å². The summed E-state index contributed by atoms with van der Waals surface area (Å²) >= 11 is 0. The first-order valence-corrected chi connectivity index (χ1v) is 5.59. The molecule has 1 aromatic carbocycles. The van der Waals surface area contributed by atoms with Gasteiger partial charge in [-0.1, -0.05) is 30.3 Å². The second-order valence-corrected chi connectivity index (χ2v) is 3.91. The van der Waals surface area contributed by atoms with Crippen LogP contribution in [0.1, 0.15) is 24.2 Å². The molecule has 0 radical (unpaired) electrons. The lowest BCUT2D eigenvalue weighted by Crippen LogP contribution is -1.99. The van der Waals surface area contributed by atoms with Crippen LogP contribution >= 0.6 is 0 Å². The average molecular weight is 244 g/mol. The minimum absolute atomic E-state index is 0.0780. The van der Waals surface area contributed by atoms with Crippen molar-refractivity contribution in [2.24, 2.45) is 0 Å². The lowest BCUT2D eigenvalue weighted by atomic mass is 10.0. The van der Waals surface area contributed by atoms with E-state index in [1.807, 2.05) is 18.2 Å². The quantitative estimate of drug-likeness (QED) is 0.354. The Morgan fingerprint density at radius 3 is 2.11 bits per heavy atom. The van der Waals surface area contributed by atoms with Crippen molar-refractivity contribution in [3.05, 3.63) is 59.2 Å². The molecule has 3 nitrogen and oxygen atoms in total. The van der Waals surface area contributed by atoms with E-state index in [4.69, 9.17) is 0 Å². The molecule has 0 heterocycles. The van der Waals surface area contributed by atoms with Gasteiger partial charge in [-0.15, -0.1) is 0 Å². The second kappa shape index (κ2) is 6.55. The number of esters is 1. The van der Waals surface area contributed by atoms with Gasteiger partial charge in [-0.05, 0) is 31.1 Å². The zero-order chi connectivity index (χ0) is 13.5. The normalized spacial score (nSPS) is 12.2. The molecule has 0 aliphatic rings. The maximum absolute atomic E-state index is 11.9. The molecule has 0 N–H and O–H groups in total. The number of hydrogen-bond acceptors (Lipinski definition) is 3. The van der Waals surface area contributed by atoms with Crippen molar-refractivity contribution in [3.8, 4) is 0 Å². The van der Waals surface area contributed by atoms with E-state index in [0.29, 0.717) is 11.1 Å². The van der Waals surface area contributed by atoms with E-state index in [-0.39, 0.29) is 5.78 Å². The Morgan fingerprint density at radius 2 is 1.56 bits per heavy atom. The van der Waals surface area contributed by atoms with Crippen molar-refractivity contribution in [2.45, 2.75) is 13.8 Å². The van der Waals surface area contributed by atoms with Crippen molar-refractivity contribution in [1.29, 1.82) is 0 Å². The van der Waals surface area contributed by atoms with Gasteiger partial charge in [0.1, 0.15) is 0 Å². The van der Waals surface area contributed by atoms with Gasteiger partial charge >= 0.3 is 5.97 Å². The van der Waals surface area contributed by atoms with Gasteiger partial charge in [0.15, 0.2) is 5.78 Å². The van der Waals surface area contributed by atoms with Crippen LogP contribution in [0.4, 0.5) is 0 Å². The zero-order valence-corrected chi connectivity index (χ0v) is 10.8. The topological polar surface area (TPSA) is 43.4 Å². The van der Waals surface area contributed by atoms with Crippen molar-refractivity contribution < 1.29 is 14.3 Å². The van der Waals surface area contributed by atoms with Crippen molar-refractivity contribution >= 4 is 11.8 Å². The number of methoxy groups -OCH3 is 1. The number of hydrogen-bond donors (Lipinski definition) is 0. The smallest absolute Gasteiger partial charge is 0.330 e. The van der Waals surface area contributed by atoms with Crippen LogP contribution in [0.5, 0.6) is 0 Å². The number of benzene rings is 1. The molecule has 0 unspecified atom stereocenters. The Labute approximate surface area is 107 Å². The van der Waals surface area contributed by atoms with E-state index < -0.39 is 5.97 Å². The first-order valence-electron chi connectivity index (χ1n) is 5.59. The Hall–Kier alpha value is -2.16. The number of rotatable bonds is 4. The third-order valence-corrected chi connectivity index (χ3v) is 2.56. The third-order valence-electron chi connectivity index (χ3n) is 2.56. The monoisotopic (exact) mass is 244 g/mol. The fraction of sp³-hybridized carbons (Fsp3) is 0.200. The van der Waals surface area contributed by atoms with Crippen LogP contribution in [-0.4, -0.2) is 18.9 Å². The van der Waals surface area contributed by atoms with Crippen LogP contribution < -0.4 is 0 Å². The molecule has 0 atom stereocenters. The number of carbonyl (C=O) groups is 2. The van der Waals surface area contributed by atoms with Crippen LogP contribution in [0.2, 0.25) is 0 Å². The lowest BCUT2D eigenvalue weighted by molar-refractivity contribution is -0.134. The number of allylic oxidation sites excluding steroid dienone is 3. The number of carbonyl (C=O) groups excluding carboxylic acids is 2. The Bertz CT molecular complexity index is 496. The second-order valence-electron chi connectivity index (χ2n) is 3.91. The predicted octanol–water partition coefficient (Wildman–Crippen LogP) is 2.93. The summed E-state index contributed by atoms with van der Waals surface area (Å²) in [6.45, 7) is 3.55. The van der Waals surface area contributed by atoms with E-state index >= 15 is 0 Å². The van der Waals surface area contributed by atoms with E-state index in [2.05, 4.69) is 4.74 Å². The molecular weight excluding hydrogens is 228 g/mol. The fourth-order valence-corrected chi connectivity index (χ4v) is 1.35. The fourth-order valence-electron chi connectivity index (χ4n) is 1.35. The first kappa shape index (κ1) is 13.9. The third kappa shape index (κ3) is 4.01. The van der Waals surface area contributed by atoms with Gasteiger partial charge in [0.2, 0.25) is 0 Å². The molecule has 0 aliphatic carbocycles. The lowest BCUT2D eigenvalue weighted by Gasteiger charge is -2.01.